The van der Waals surface area contributed by atoms with Crippen molar-refractivity contribution in [2.75, 3.05) is 26.9 Å². The van der Waals surface area contributed by atoms with Gasteiger partial charge in [0.2, 0.25) is 0 Å². The van der Waals surface area contributed by atoms with Gasteiger partial charge in [0.15, 0.2) is 0 Å². The molecule has 0 saturated carbocycles. The molecule has 0 amide bonds. The molecule has 0 spiro atoms. The van der Waals surface area contributed by atoms with Crippen LogP contribution in [0, 0.1) is 0 Å². The third-order valence-corrected chi connectivity index (χ3v) is 3.52. The van der Waals surface area contributed by atoms with Crippen molar-refractivity contribution in [3.8, 4) is 0 Å². The van der Waals surface area contributed by atoms with Crippen molar-refractivity contribution >= 4 is 0 Å². The van der Waals surface area contributed by atoms with E-state index in [1.807, 2.05) is 0 Å². The van der Waals surface area contributed by atoms with Crippen LogP contribution in [0.5, 0.6) is 0 Å². The van der Waals surface area contributed by atoms with Crippen LogP contribution in [0.2, 0.25) is 0 Å². The highest BCUT2D eigenvalue weighted by Gasteiger charge is 2.27. The maximum absolute atomic E-state index is 5.98. The van der Waals surface area contributed by atoms with Gasteiger partial charge in [0.1, 0.15) is 0 Å². The number of hydrogen-bond acceptors (Lipinski definition) is 4. The fraction of sp³-hybridized carbons (Fsp3) is 1.00. The topological polar surface area (TPSA) is 36.9 Å². The summed E-state index contributed by atoms with van der Waals surface area (Å²) < 4.78 is 22.4. The molecule has 2 heterocycles. The zero-order valence-electron chi connectivity index (χ0n) is 10.9. The zero-order chi connectivity index (χ0) is 12.1. The molecule has 0 N–H and O–H groups in total. The number of ether oxygens (including phenoxy) is 4. The lowest BCUT2D eigenvalue weighted by Crippen LogP contribution is -2.30. The lowest BCUT2D eigenvalue weighted by atomic mass is 10.1. The Morgan fingerprint density at radius 3 is 2.82 bits per heavy atom. The van der Waals surface area contributed by atoms with Crippen molar-refractivity contribution < 1.29 is 18.9 Å². The summed E-state index contributed by atoms with van der Waals surface area (Å²) >= 11 is 0. The van der Waals surface area contributed by atoms with Gasteiger partial charge in [-0.1, -0.05) is 0 Å². The van der Waals surface area contributed by atoms with Crippen LogP contribution in [-0.2, 0) is 18.9 Å². The number of rotatable bonds is 5. The van der Waals surface area contributed by atoms with Crippen LogP contribution in [0.3, 0.4) is 0 Å². The molecule has 0 aromatic rings. The molecular weight excluding hydrogens is 220 g/mol. The normalized spacial score (nSPS) is 36.0. The average Bonchev–Trinajstić information content (AvgIpc) is 2.78. The minimum Gasteiger partial charge on any atom is -0.379 e. The van der Waals surface area contributed by atoms with E-state index in [9.17, 15) is 0 Å². The van der Waals surface area contributed by atoms with E-state index < -0.39 is 0 Å². The van der Waals surface area contributed by atoms with Gasteiger partial charge in [-0.05, 0) is 26.2 Å². The Labute approximate surface area is 104 Å². The maximum atomic E-state index is 5.98. The molecule has 4 unspecified atom stereocenters. The van der Waals surface area contributed by atoms with Crippen molar-refractivity contribution in [2.24, 2.45) is 0 Å². The molecule has 0 bridgehead atoms. The van der Waals surface area contributed by atoms with Gasteiger partial charge in [0, 0.05) is 20.1 Å². The molecule has 17 heavy (non-hydrogen) atoms. The third kappa shape index (κ3) is 4.21. The maximum Gasteiger partial charge on any atom is 0.0829 e. The molecule has 0 radical (unpaired) electrons. The summed E-state index contributed by atoms with van der Waals surface area (Å²) in [6.07, 6.45) is 5.26. The minimum absolute atomic E-state index is 0.238. The van der Waals surface area contributed by atoms with Crippen LogP contribution in [0.4, 0.5) is 0 Å². The molecule has 0 aliphatic carbocycles. The van der Waals surface area contributed by atoms with Crippen LogP contribution in [0.1, 0.15) is 32.6 Å². The van der Waals surface area contributed by atoms with Gasteiger partial charge in [0.05, 0.1) is 37.6 Å². The van der Waals surface area contributed by atoms with Crippen molar-refractivity contribution in [3.05, 3.63) is 0 Å². The molecule has 4 heteroatoms. The van der Waals surface area contributed by atoms with E-state index in [1.54, 1.807) is 7.11 Å². The second-order valence-electron chi connectivity index (χ2n) is 5.07. The van der Waals surface area contributed by atoms with Gasteiger partial charge in [-0.2, -0.15) is 0 Å². The number of methoxy groups -OCH3 is 1. The van der Waals surface area contributed by atoms with Crippen LogP contribution < -0.4 is 0 Å². The molecule has 2 aliphatic heterocycles. The van der Waals surface area contributed by atoms with Gasteiger partial charge in [-0.3, -0.25) is 0 Å². The molecule has 2 aliphatic rings. The smallest absolute Gasteiger partial charge is 0.0829 e. The Kier molecular flexibility index (Phi) is 5.22. The van der Waals surface area contributed by atoms with Crippen LogP contribution in [0.25, 0.3) is 0 Å². The number of hydrogen-bond donors (Lipinski definition) is 0. The molecule has 2 fully saturated rings. The summed E-state index contributed by atoms with van der Waals surface area (Å²) in [6.45, 7) is 4.48. The van der Waals surface area contributed by atoms with E-state index in [-0.39, 0.29) is 18.3 Å². The summed E-state index contributed by atoms with van der Waals surface area (Å²) in [5.41, 5.74) is 0. The predicted octanol–water partition coefficient (Wildman–Crippen LogP) is 1.76. The van der Waals surface area contributed by atoms with E-state index in [2.05, 4.69) is 6.92 Å². The lowest BCUT2D eigenvalue weighted by molar-refractivity contribution is -0.0894. The summed E-state index contributed by atoms with van der Waals surface area (Å²) in [5, 5.41) is 0. The highest BCUT2D eigenvalue weighted by molar-refractivity contribution is 4.76. The van der Waals surface area contributed by atoms with Crippen molar-refractivity contribution in [2.45, 2.75) is 57.0 Å². The van der Waals surface area contributed by atoms with Gasteiger partial charge in [-0.15, -0.1) is 0 Å². The Balaban J connectivity index is 1.64. The molecule has 2 rings (SSSR count). The zero-order valence-corrected chi connectivity index (χ0v) is 10.9. The van der Waals surface area contributed by atoms with Crippen LogP contribution >= 0.6 is 0 Å². The van der Waals surface area contributed by atoms with Gasteiger partial charge in [0.25, 0.3) is 0 Å². The quantitative estimate of drug-likeness (QED) is 0.738. The van der Waals surface area contributed by atoms with E-state index in [0.29, 0.717) is 6.10 Å². The molecular formula is C13H24O4. The Morgan fingerprint density at radius 2 is 2.18 bits per heavy atom. The van der Waals surface area contributed by atoms with Crippen molar-refractivity contribution in [1.82, 2.24) is 0 Å². The van der Waals surface area contributed by atoms with Crippen molar-refractivity contribution in [3.63, 3.8) is 0 Å². The predicted molar refractivity (Wildman–Crippen MR) is 64.2 cm³/mol. The first kappa shape index (κ1) is 13.3. The molecule has 0 aromatic carbocycles. The van der Waals surface area contributed by atoms with E-state index in [0.717, 1.165) is 45.5 Å². The summed E-state index contributed by atoms with van der Waals surface area (Å²) in [5.74, 6) is 0. The molecule has 4 atom stereocenters. The minimum atomic E-state index is 0.238. The lowest BCUT2D eigenvalue weighted by Gasteiger charge is -2.26. The monoisotopic (exact) mass is 244 g/mol. The Morgan fingerprint density at radius 1 is 1.29 bits per heavy atom. The van der Waals surface area contributed by atoms with Gasteiger partial charge >= 0.3 is 0 Å². The van der Waals surface area contributed by atoms with Crippen LogP contribution in [-0.4, -0.2) is 51.3 Å². The molecule has 4 nitrogen and oxygen atoms in total. The summed E-state index contributed by atoms with van der Waals surface area (Å²) in [4.78, 5) is 0. The van der Waals surface area contributed by atoms with E-state index in [1.165, 1.54) is 0 Å². The summed E-state index contributed by atoms with van der Waals surface area (Å²) in [7, 11) is 1.75. The highest BCUT2D eigenvalue weighted by atomic mass is 16.6. The molecule has 0 aromatic heterocycles. The first-order valence-electron chi connectivity index (χ1n) is 6.65. The Bertz CT molecular complexity index is 215. The standard InChI is InChI=1S/C13H24O4/c1-10(17-11-4-3-5-15-8-11)6-12-7-13(14-2)9-16-12/h10-13H,3-9H2,1-2H3. The fourth-order valence-corrected chi connectivity index (χ4v) is 2.57. The second kappa shape index (κ2) is 6.69. The van der Waals surface area contributed by atoms with Crippen LogP contribution in [0.15, 0.2) is 0 Å². The first-order valence-corrected chi connectivity index (χ1v) is 6.65. The van der Waals surface area contributed by atoms with E-state index >= 15 is 0 Å². The fourth-order valence-electron chi connectivity index (χ4n) is 2.57. The molecule has 2 saturated heterocycles. The Hall–Kier alpha value is -0.160. The average molecular weight is 244 g/mol. The first-order chi connectivity index (χ1) is 8.28. The third-order valence-electron chi connectivity index (χ3n) is 3.52. The highest BCUT2D eigenvalue weighted by Crippen LogP contribution is 2.22. The van der Waals surface area contributed by atoms with Gasteiger partial charge in [-0.25, -0.2) is 0 Å². The van der Waals surface area contributed by atoms with Gasteiger partial charge < -0.3 is 18.9 Å². The SMILES string of the molecule is COC1COC(CC(C)OC2CCCOC2)C1. The largest absolute Gasteiger partial charge is 0.379 e. The second-order valence-corrected chi connectivity index (χ2v) is 5.07. The summed E-state index contributed by atoms with van der Waals surface area (Å²) in [6, 6.07) is 0. The molecule has 100 valence electrons. The van der Waals surface area contributed by atoms with Crippen molar-refractivity contribution in [1.29, 1.82) is 0 Å². The van der Waals surface area contributed by atoms with E-state index in [4.69, 9.17) is 18.9 Å².